The van der Waals surface area contributed by atoms with E-state index in [-0.39, 0.29) is 35.7 Å². The fourth-order valence-electron chi connectivity index (χ4n) is 5.43. The molecule has 1 aromatic carbocycles. The van der Waals surface area contributed by atoms with Crippen molar-refractivity contribution in [2.45, 2.75) is 31.7 Å². The number of amides is 2. The summed E-state index contributed by atoms with van der Waals surface area (Å²) in [5.41, 5.74) is -0.393. The van der Waals surface area contributed by atoms with Crippen molar-refractivity contribution in [1.29, 1.82) is 0 Å². The summed E-state index contributed by atoms with van der Waals surface area (Å²) < 4.78 is 30.0. The van der Waals surface area contributed by atoms with Gasteiger partial charge in [0.15, 0.2) is 11.5 Å². The van der Waals surface area contributed by atoms with E-state index in [1.165, 1.54) is 16.8 Å². The lowest BCUT2D eigenvalue weighted by molar-refractivity contribution is -0.132. The summed E-state index contributed by atoms with van der Waals surface area (Å²) in [6, 6.07) is 7.53. The smallest absolute Gasteiger partial charge is 0.237 e. The van der Waals surface area contributed by atoms with Crippen molar-refractivity contribution in [2.24, 2.45) is 5.41 Å². The number of halogens is 2. The molecule has 0 unspecified atom stereocenters. The van der Waals surface area contributed by atoms with E-state index in [2.05, 4.69) is 30.7 Å². The lowest BCUT2D eigenvalue weighted by atomic mass is 9.68. The Labute approximate surface area is 196 Å². The molecule has 1 aliphatic carbocycles. The molecule has 2 N–H and O–H groups in total. The molecule has 3 aromatic heterocycles. The number of anilines is 2. The molecule has 1 fully saturated rings. The fraction of sp³-hybridized carbons (Fsp3) is 0.250. The van der Waals surface area contributed by atoms with Gasteiger partial charge in [-0.15, -0.1) is 0 Å². The molecular formula is C24H17F2N7O2. The van der Waals surface area contributed by atoms with Crippen LogP contribution in [0.1, 0.15) is 30.9 Å². The predicted octanol–water partition coefficient (Wildman–Crippen LogP) is 3.16. The van der Waals surface area contributed by atoms with Crippen molar-refractivity contribution in [2.75, 3.05) is 10.6 Å². The maximum atomic E-state index is 14.3. The minimum atomic E-state index is -1.06. The molecular weight excluding hydrogens is 456 g/mol. The highest BCUT2D eigenvalue weighted by Gasteiger charge is 2.71. The van der Waals surface area contributed by atoms with Crippen molar-refractivity contribution in [3.63, 3.8) is 0 Å². The van der Waals surface area contributed by atoms with E-state index in [0.29, 0.717) is 40.8 Å². The second-order valence-corrected chi connectivity index (χ2v) is 9.36. The Bertz CT molecular complexity index is 1630. The molecule has 7 rings (SSSR count). The largest absolute Gasteiger partial charge is 0.310 e. The van der Waals surface area contributed by atoms with E-state index in [0.717, 1.165) is 6.20 Å². The first-order valence-electron chi connectivity index (χ1n) is 11.1. The van der Waals surface area contributed by atoms with Crippen LogP contribution in [0.15, 0.2) is 36.5 Å². The minimum Gasteiger partial charge on any atom is -0.310 e. The summed E-state index contributed by atoms with van der Waals surface area (Å²) in [4.78, 5) is 39.3. The molecule has 1 saturated carbocycles. The summed E-state index contributed by atoms with van der Waals surface area (Å²) in [5, 5.41) is 10.5. The van der Waals surface area contributed by atoms with Crippen LogP contribution in [0.4, 0.5) is 20.4 Å². The second-order valence-electron chi connectivity index (χ2n) is 9.36. The van der Waals surface area contributed by atoms with Crippen molar-refractivity contribution in [1.82, 2.24) is 24.7 Å². The molecule has 174 valence electrons. The zero-order chi connectivity index (χ0) is 24.1. The van der Waals surface area contributed by atoms with Gasteiger partial charge in [-0.2, -0.15) is 5.10 Å². The Morgan fingerprint density at radius 1 is 1.06 bits per heavy atom. The third kappa shape index (κ3) is 2.49. The molecule has 0 bridgehead atoms. The maximum Gasteiger partial charge on any atom is 0.237 e. The minimum absolute atomic E-state index is 0.0493. The summed E-state index contributed by atoms with van der Waals surface area (Å²) >= 11 is 0. The Balaban J connectivity index is 1.42. The Hall–Kier alpha value is -4.28. The molecule has 4 aromatic rings. The summed E-state index contributed by atoms with van der Waals surface area (Å²) in [7, 11) is 0. The predicted molar refractivity (Wildman–Crippen MR) is 120 cm³/mol. The summed E-state index contributed by atoms with van der Waals surface area (Å²) in [6.45, 7) is 1.80. The average molecular weight is 473 g/mol. The zero-order valence-corrected chi connectivity index (χ0v) is 18.4. The highest BCUT2D eigenvalue weighted by atomic mass is 19.1. The maximum absolute atomic E-state index is 14.3. The van der Waals surface area contributed by atoms with E-state index in [4.69, 9.17) is 0 Å². The monoisotopic (exact) mass is 473 g/mol. The van der Waals surface area contributed by atoms with Gasteiger partial charge in [0, 0.05) is 5.56 Å². The van der Waals surface area contributed by atoms with E-state index in [1.54, 1.807) is 25.1 Å². The van der Waals surface area contributed by atoms with Gasteiger partial charge in [0.05, 0.1) is 34.5 Å². The first kappa shape index (κ1) is 20.1. The van der Waals surface area contributed by atoms with E-state index in [1.807, 2.05) is 0 Å². The third-order valence-electron chi connectivity index (χ3n) is 7.51. The lowest BCUT2D eigenvalue weighted by Gasteiger charge is -2.36. The van der Waals surface area contributed by atoms with Crippen LogP contribution in [0.5, 0.6) is 0 Å². The Morgan fingerprint density at radius 2 is 1.77 bits per heavy atom. The van der Waals surface area contributed by atoms with Gasteiger partial charge in [-0.1, -0.05) is 18.2 Å². The topological polar surface area (TPSA) is 115 Å². The second kappa shape index (κ2) is 6.44. The number of carbonyl (C=O) groups excluding carboxylic acids is 2. The molecule has 5 heterocycles. The number of carbonyl (C=O) groups is 2. The van der Waals surface area contributed by atoms with E-state index >= 15 is 0 Å². The fourth-order valence-corrected chi connectivity index (χ4v) is 5.43. The molecule has 2 amide bonds. The van der Waals surface area contributed by atoms with Crippen LogP contribution in [-0.4, -0.2) is 36.5 Å². The van der Waals surface area contributed by atoms with Crippen LogP contribution in [0.25, 0.3) is 22.6 Å². The average Bonchev–Trinajstić information content (AvgIpc) is 3.50. The van der Waals surface area contributed by atoms with Gasteiger partial charge in [0.2, 0.25) is 11.8 Å². The van der Waals surface area contributed by atoms with E-state index in [9.17, 15) is 18.4 Å². The van der Waals surface area contributed by atoms with Crippen LogP contribution >= 0.6 is 0 Å². The Kier molecular flexibility index (Phi) is 3.70. The molecule has 1 spiro atoms. The molecule has 35 heavy (non-hydrogen) atoms. The first-order valence-corrected chi connectivity index (χ1v) is 11.1. The SMILES string of the molecule is C[C@@]12C(=O)Nc3nc(-c4nn(Cc5ccccc5F)c5ncc(F)cc45)nc(c31)NC(=O)C21CC1. The molecule has 11 heteroatoms. The van der Waals surface area contributed by atoms with Crippen LogP contribution in [0, 0.1) is 17.0 Å². The number of aromatic nitrogens is 5. The van der Waals surface area contributed by atoms with Crippen molar-refractivity contribution in [3.05, 3.63) is 59.3 Å². The number of pyridine rings is 1. The number of nitrogens with one attached hydrogen (secondary N) is 2. The number of benzene rings is 1. The van der Waals surface area contributed by atoms with Gasteiger partial charge in [-0.05, 0) is 31.9 Å². The third-order valence-corrected chi connectivity index (χ3v) is 7.51. The number of rotatable bonds is 3. The van der Waals surface area contributed by atoms with Crippen molar-refractivity contribution >= 4 is 34.5 Å². The Morgan fingerprint density at radius 3 is 2.49 bits per heavy atom. The van der Waals surface area contributed by atoms with Gasteiger partial charge < -0.3 is 10.6 Å². The molecule has 9 nitrogen and oxygen atoms in total. The highest BCUT2D eigenvalue weighted by Crippen LogP contribution is 2.66. The zero-order valence-electron chi connectivity index (χ0n) is 18.4. The van der Waals surface area contributed by atoms with Crippen LogP contribution in [0.2, 0.25) is 0 Å². The van der Waals surface area contributed by atoms with Crippen molar-refractivity contribution in [3.8, 4) is 11.5 Å². The molecule has 0 radical (unpaired) electrons. The van der Waals surface area contributed by atoms with Gasteiger partial charge in [0.1, 0.15) is 29.0 Å². The van der Waals surface area contributed by atoms with Gasteiger partial charge in [0.25, 0.3) is 0 Å². The molecule has 0 saturated heterocycles. The van der Waals surface area contributed by atoms with Crippen LogP contribution in [0.3, 0.4) is 0 Å². The van der Waals surface area contributed by atoms with E-state index < -0.39 is 22.5 Å². The quantitative estimate of drug-likeness (QED) is 0.473. The first-order chi connectivity index (χ1) is 16.8. The normalized spacial score (nSPS) is 21.2. The summed E-state index contributed by atoms with van der Waals surface area (Å²) in [5.74, 6) is -0.925. The van der Waals surface area contributed by atoms with Gasteiger partial charge in [-0.25, -0.2) is 28.4 Å². The number of fused-ring (bicyclic) bond motifs is 2. The van der Waals surface area contributed by atoms with Gasteiger partial charge in [-0.3, -0.25) is 9.59 Å². The van der Waals surface area contributed by atoms with Crippen LogP contribution < -0.4 is 10.6 Å². The highest BCUT2D eigenvalue weighted by molar-refractivity contribution is 6.16. The molecule has 3 aliphatic rings. The molecule has 2 aliphatic heterocycles. The number of nitrogens with zero attached hydrogens (tertiary/aromatic N) is 5. The number of hydrogen-bond donors (Lipinski definition) is 2. The standard InChI is InChI=1S/C24H17F2N7O2/c1-23-15-17(30-21(23)34)28-19(29-18(15)31-22(35)24(23)6-7-24)16-13-8-12(25)9-27-20(13)33(32-16)10-11-4-2-3-5-14(11)26/h2-5,8-9H,6-7,10H2,1H3,(H2,28,29,30,31,34,35)/t23-/m0/s1. The summed E-state index contributed by atoms with van der Waals surface area (Å²) in [6.07, 6.45) is 2.28. The van der Waals surface area contributed by atoms with Gasteiger partial charge >= 0.3 is 0 Å². The lowest BCUT2D eigenvalue weighted by Crippen LogP contribution is -2.50. The number of hydrogen-bond acceptors (Lipinski definition) is 6. The van der Waals surface area contributed by atoms with Crippen LogP contribution in [-0.2, 0) is 21.5 Å². The van der Waals surface area contributed by atoms with Crippen molar-refractivity contribution < 1.29 is 18.4 Å². The molecule has 1 atom stereocenters.